The van der Waals surface area contributed by atoms with Crippen molar-refractivity contribution in [2.75, 3.05) is 31.9 Å². The average Bonchev–Trinajstić information content (AvgIpc) is 2.78. The Labute approximate surface area is 175 Å². The van der Waals surface area contributed by atoms with Crippen molar-refractivity contribution in [2.45, 2.75) is 0 Å². The largest absolute Gasteiger partial charge is 0.494 e. The number of benzene rings is 1. The quantitative estimate of drug-likeness (QED) is 0.327. The number of carbonyl (C=O) groups excluding carboxylic acids is 1. The van der Waals surface area contributed by atoms with Gasteiger partial charge in [0.1, 0.15) is 17.1 Å². The van der Waals surface area contributed by atoms with Crippen molar-refractivity contribution >= 4 is 29.1 Å². The van der Waals surface area contributed by atoms with Crippen LogP contribution in [0, 0.1) is 15.9 Å². The smallest absolute Gasteiger partial charge is 0.341 e. The van der Waals surface area contributed by atoms with E-state index in [1.807, 2.05) is 0 Å². The number of pyridine rings is 1. The van der Waals surface area contributed by atoms with E-state index >= 15 is 0 Å². The summed E-state index contributed by atoms with van der Waals surface area (Å²) in [7, 11) is 4.18. The molecule has 0 unspecified atom stereocenters. The molecule has 0 fully saturated rings. The van der Waals surface area contributed by atoms with E-state index in [0.717, 1.165) is 12.1 Å². The summed E-state index contributed by atoms with van der Waals surface area (Å²) in [4.78, 5) is 34.8. The summed E-state index contributed by atoms with van der Waals surface area (Å²) in [5.41, 5.74) is 0.502. The molecule has 0 bridgehead atoms. The zero-order chi connectivity index (χ0) is 22.5. The van der Waals surface area contributed by atoms with Crippen molar-refractivity contribution in [3.63, 3.8) is 0 Å². The molecule has 0 amide bonds. The third-order valence-electron chi connectivity index (χ3n) is 4.19. The minimum Gasteiger partial charge on any atom is -0.494 e. The molecule has 11 nitrogen and oxygen atoms in total. The molecule has 12 heteroatoms. The topological polar surface area (TPSA) is 141 Å². The predicted octanol–water partition coefficient (Wildman–Crippen LogP) is 3.17. The summed E-state index contributed by atoms with van der Waals surface area (Å²) in [5, 5.41) is 16.6. The molecule has 0 aliphatic rings. The number of hydrogen-bond acceptors (Lipinski definition) is 10. The number of ether oxygens (including phenoxy) is 2. The molecule has 31 heavy (non-hydrogen) atoms. The minimum atomic E-state index is -1.03. The van der Waals surface area contributed by atoms with Crippen LogP contribution in [0.15, 0.2) is 36.7 Å². The number of esters is 1. The van der Waals surface area contributed by atoms with Crippen LogP contribution in [0.4, 0.5) is 27.5 Å². The molecule has 0 aliphatic carbocycles. The first-order valence-electron chi connectivity index (χ1n) is 8.76. The molecular weight excluding hydrogens is 411 g/mol. The highest BCUT2D eigenvalue weighted by atomic mass is 19.1. The first-order chi connectivity index (χ1) is 14.9. The standard InChI is InChI=1S/C19H17FN6O5/c1-21-17-11(18(27)31-3)6-10(9-23-17)13-4-5-22-19(24-13)25-14-8-15(26(28)29)12(20)7-16(14)30-2/h4-9H,1-3H3,(H,21,23)(H,22,24,25). The lowest BCUT2D eigenvalue weighted by atomic mass is 10.1. The lowest BCUT2D eigenvalue weighted by Crippen LogP contribution is -2.08. The number of aromatic nitrogens is 3. The van der Waals surface area contributed by atoms with Crippen molar-refractivity contribution in [1.82, 2.24) is 15.0 Å². The SMILES string of the molecule is CNc1ncc(-c2ccnc(Nc3cc([N+](=O)[O-])c(F)cc3OC)n2)cc1C(=O)OC. The molecule has 0 saturated heterocycles. The van der Waals surface area contributed by atoms with Crippen molar-refractivity contribution in [3.05, 3.63) is 58.2 Å². The monoisotopic (exact) mass is 428 g/mol. The zero-order valence-corrected chi connectivity index (χ0v) is 16.7. The number of nitro benzene ring substituents is 1. The fraction of sp³-hybridized carbons (Fsp3) is 0.158. The Morgan fingerprint density at radius 1 is 1.23 bits per heavy atom. The Kier molecular flexibility index (Phi) is 6.19. The van der Waals surface area contributed by atoms with Crippen LogP contribution in [-0.4, -0.2) is 47.1 Å². The molecule has 3 aromatic rings. The van der Waals surface area contributed by atoms with Gasteiger partial charge in [-0.1, -0.05) is 0 Å². The molecule has 3 rings (SSSR count). The number of nitrogens with one attached hydrogen (secondary N) is 2. The molecule has 2 heterocycles. The third kappa shape index (κ3) is 4.47. The van der Waals surface area contributed by atoms with E-state index in [0.29, 0.717) is 17.1 Å². The number of methoxy groups -OCH3 is 2. The van der Waals surface area contributed by atoms with Crippen LogP contribution >= 0.6 is 0 Å². The average molecular weight is 428 g/mol. The van der Waals surface area contributed by atoms with Gasteiger partial charge in [0.05, 0.1) is 30.5 Å². The fourth-order valence-electron chi connectivity index (χ4n) is 2.72. The van der Waals surface area contributed by atoms with Gasteiger partial charge in [0.2, 0.25) is 11.8 Å². The van der Waals surface area contributed by atoms with Gasteiger partial charge in [0.25, 0.3) is 0 Å². The maximum Gasteiger partial charge on any atom is 0.341 e. The van der Waals surface area contributed by atoms with Crippen molar-refractivity contribution < 1.29 is 23.6 Å². The van der Waals surface area contributed by atoms with Crippen molar-refractivity contribution in [1.29, 1.82) is 0 Å². The maximum atomic E-state index is 13.9. The Bertz CT molecular complexity index is 1160. The summed E-state index contributed by atoms with van der Waals surface area (Å²) in [6.07, 6.45) is 2.95. The maximum absolute atomic E-state index is 13.9. The number of halogens is 1. The van der Waals surface area contributed by atoms with E-state index in [4.69, 9.17) is 9.47 Å². The zero-order valence-electron chi connectivity index (χ0n) is 16.7. The van der Waals surface area contributed by atoms with Crippen molar-refractivity contribution in [3.8, 4) is 17.0 Å². The number of carbonyl (C=O) groups is 1. The lowest BCUT2D eigenvalue weighted by molar-refractivity contribution is -0.387. The van der Waals surface area contributed by atoms with Gasteiger partial charge in [-0.05, 0) is 12.1 Å². The first-order valence-corrected chi connectivity index (χ1v) is 8.76. The Hall–Kier alpha value is -4.35. The van der Waals surface area contributed by atoms with Gasteiger partial charge in [0.15, 0.2) is 0 Å². The molecule has 0 radical (unpaired) electrons. The molecule has 2 aromatic heterocycles. The third-order valence-corrected chi connectivity index (χ3v) is 4.19. The molecule has 160 valence electrons. The highest BCUT2D eigenvalue weighted by Crippen LogP contribution is 2.33. The van der Waals surface area contributed by atoms with Gasteiger partial charge >= 0.3 is 11.7 Å². The van der Waals surface area contributed by atoms with Gasteiger partial charge in [-0.2, -0.15) is 4.39 Å². The van der Waals surface area contributed by atoms with Crippen LogP contribution < -0.4 is 15.4 Å². The molecule has 1 aromatic carbocycles. The van der Waals surface area contributed by atoms with Crippen LogP contribution in [0.2, 0.25) is 0 Å². The first kappa shape index (κ1) is 21.4. The number of anilines is 3. The summed E-state index contributed by atoms with van der Waals surface area (Å²) in [6.45, 7) is 0. The van der Waals surface area contributed by atoms with E-state index < -0.39 is 22.4 Å². The molecule has 2 N–H and O–H groups in total. The number of nitro groups is 1. The van der Waals surface area contributed by atoms with E-state index in [1.165, 1.54) is 26.6 Å². The normalized spacial score (nSPS) is 10.3. The van der Waals surface area contributed by atoms with E-state index in [9.17, 15) is 19.3 Å². The highest BCUT2D eigenvalue weighted by Gasteiger charge is 2.20. The molecule has 0 saturated carbocycles. The lowest BCUT2D eigenvalue weighted by Gasteiger charge is -2.12. The second-order valence-electron chi connectivity index (χ2n) is 6.01. The number of nitrogens with zero attached hydrogens (tertiary/aromatic N) is 4. The van der Waals surface area contributed by atoms with Gasteiger partial charge in [-0.3, -0.25) is 10.1 Å². The van der Waals surface area contributed by atoms with E-state index in [1.54, 1.807) is 19.2 Å². The van der Waals surface area contributed by atoms with Gasteiger partial charge in [-0.25, -0.2) is 19.7 Å². The predicted molar refractivity (Wildman–Crippen MR) is 109 cm³/mol. The van der Waals surface area contributed by atoms with Crippen LogP contribution in [0.1, 0.15) is 10.4 Å². The fourth-order valence-corrected chi connectivity index (χ4v) is 2.72. The van der Waals surface area contributed by atoms with Gasteiger partial charge in [-0.15, -0.1) is 0 Å². The highest BCUT2D eigenvalue weighted by molar-refractivity contribution is 5.95. The number of hydrogen-bond donors (Lipinski definition) is 2. The van der Waals surface area contributed by atoms with Gasteiger partial charge in [0, 0.05) is 37.1 Å². The Balaban J connectivity index is 1.99. The second-order valence-corrected chi connectivity index (χ2v) is 6.01. The molecule has 0 aliphatic heterocycles. The summed E-state index contributed by atoms with van der Waals surface area (Å²) in [5.74, 6) is -1.17. The summed E-state index contributed by atoms with van der Waals surface area (Å²) >= 11 is 0. The Morgan fingerprint density at radius 2 is 2.00 bits per heavy atom. The molecule has 0 spiro atoms. The Morgan fingerprint density at radius 3 is 2.65 bits per heavy atom. The summed E-state index contributed by atoms with van der Waals surface area (Å²) < 4.78 is 23.7. The minimum absolute atomic E-state index is 0.0325. The van der Waals surface area contributed by atoms with Crippen molar-refractivity contribution in [2.24, 2.45) is 0 Å². The van der Waals surface area contributed by atoms with Crippen LogP contribution in [-0.2, 0) is 4.74 Å². The van der Waals surface area contributed by atoms with E-state index in [2.05, 4.69) is 25.6 Å². The van der Waals surface area contributed by atoms with Crippen LogP contribution in [0.5, 0.6) is 5.75 Å². The molecule has 0 atom stereocenters. The van der Waals surface area contributed by atoms with Crippen LogP contribution in [0.3, 0.4) is 0 Å². The number of rotatable bonds is 7. The van der Waals surface area contributed by atoms with E-state index in [-0.39, 0.29) is 22.9 Å². The van der Waals surface area contributed by atoms with Gasteiger partial charge < -0.3 is 20.1 Å². The summed E-state index contributed by atoms with van der Waals surface area (Å²) in [6, 6.07) is 5.03. The molecular formula is C19H17FN6O5. The van der Waals surface area contributed by atoms with Crippen LogP contribution in [0.25, 0.3) is 11.3 Å². The second kappa shape index (κ2) is 8.98.